The topological polar surface area (TPSA) is 59.3 Å². The van der Waals surface area contributed by atoms with Crippen LogP contribution in [-0.2, 0) is 11.2 Å². The minimum Gasteiger partial charge on any atom is -0.354 e. The molecule has 0 bridgehead atoms. The molecule has 0 fully saturated rings. The molecule has 1 aromatic carbocycles. The molecule has 1 atom stereocenters. The fourth-order valence-corrected chi connectivity index (χ4v) is 3.03. The maximum absolute atomic E-state index is 12.1. The molecule has 24 heavy (non-hydrogen) atoms. The van der Waals surface area contributed by atoms with Gasteiger partial charge in [-0.25, -0.2) is 9.50 Å². The Balaban J connectivity index is 1.91. The van der Waals surface area contributed by atoms with E-state index in [-0.39, 0.29) is 11.9 Å². The summed E-state index contributed by atoms with van der Waals surface area (Å²) in [6.07, 6.45) is 2.09. The third-order valence-corrected chi connectivity index (χ3v) is 4.64. The highest BCUT2D eigenvalue weighted by molar-refractivity contribution is 5.92. The van der Waals surface area contributed by atoms with Gasteiger partial charge in [-0.05, 0) is 51.3 Å². The molecule has 0 aliphatic rings. The van der Waals surface area contributed by atoms with Crippen LogP contribution in [-0.4, -0.2) is 26.5 Å². The van der Waals surface area contributed by atoms with Crippen LogP contribution in [0.15, 0.2) is 24.3 Å². The summed E-state index contributed by atoms with van der Waals surface area (Å²) in [6, 6.07) is 8.25. The Labute approximate surface area is 142 Å². The molecule has 0 spiro atoms. The monoisotopic (exact) mass is 324 g/mol. The van der Waals surface area contributed by atoms with E-state index >= 15 is 0 Å². The number of amides is 1. The minimum atomic E-state index is 0.0915. The first kappa shape index (κ1) is 16.4. The lowest BCUT2D eigenvalue weighted by molar-refractivity contribution is -0.121. The van der Waals surface area contributed by atoms with Gasteiger partial charge in [-0.2, -0.15) is 5.10 Å². The predicted molar refractivity (Wildman–Crippen MR) is 96.2 cm³/mol. The Hall–Kier alpha value is -2.43. The number of aryl methyl sites for hydroxylation is 2. The third-order valence-electron chi connectivity index (χ3n) is 4.64. The van der Waals surface area contributed by atoms with Crippen molar-refractivity contribution in [3.05, 3.63) is 41.2 Å². The van der Waals surface area contributed by atoms with Gasteiger partial charge in [-0.15, -0.1) is 0 Å². The van der Waals surface area contributed by atoms with Gasteiger partial charge in [0.25, 0.3) is 0 Å². The van der Waals surface area contributed by atoms with E-state index in [2.05, 4.69) is 24.3 Å². The van der Waals surface area contributed by atoms with Crippen LogP contribution in [0.25, 0.3) is 16.6 Å². The normalized spacial score (nSPS) is 12.7. The summed E-state index contributed by atoms with van der Waals surface area (Å²) in [5.41, 5.74) is 4.97. The number of fused-ring (bicyclic) bond motifs is 3. The standard InChI is InChI=1S/C19H24N4O/c1-5-12(2)20-18(24)11-10-15-13(3)21-19-16-8-6-7-9-17(16)22-23(19)14(15)4/h6-9,12H,5,10-11H2,1-4H3,(H,20,24)/t12-/m0/s1. The van der Waals surface area contributed by atoms with Crippen LogP contribution in [0, 0.1) is 13.8 Å². The molecule has 0 radical (unpaired) electrons. The van der Waals surface area contributed by atoms with Crippen LogP contribution in [0.5, 0.6) is 0 Å². The van der Waals surface area contributed by atoms with Crippen LogP contribution >= 0.6 is 0 Å². The zero-order valence-electron chi connectivity index (χ0n) is 14.8. The zero-order chi connectivity index (χ0) is 17.3. The second kappa shape index (κ2) is 6.59. The molecule has 0 saturated heterocycles. The summed E-state index contributed by atoms with van der Waals surface area (Å²) >= 11 is 0. The van der Waals surface area contributed by atoms with E-state index in [9.17, 15) is 4.79 Å². The Bertz CT molecular complexity index is 897. The van der Waals surface area contributed by atoms with Crippen LogP contribution in [0.4, 0.5) is 0 Å². The van der Waals surface area contributed by atoms with Gasteiger partial charge < -0.3 is 5.32 Å². The highest BCUT2D eigenvalue weighted by atomic mass is 16.1. The average Bonchev–Trinajstić information content (AvgIpc) is 2.93. The Kier molecular flexibility index (Phi) is 4.51. The van der Waals surface area contributed by atoms with E-state index in [1.54, 1.807) is 0 Å². The number of carbonyl (C=O) groups is 1. The molecule has 1 amide bonds. The van der Waals surface area contributed by atoms with E-state index in [0.717, 1.165) is 39.9 Å². The number of hydrogen-bond donors (Lipinski definition) is 1. The largest absolute Gasteiger partial charge is 0.354 e. The van der Waals surface area contributed by atoms with Gasteiger partial charge in [0.1, 0.15) is 0 Å². The van der Waals surface area contributed by atoms with Crippen molar-refractivity contribution in [1.82, 2.24) is 19.9 Å². The summed E-state index contributed by atoms with van der Waals surface area (Å²) in [5.74, 6) is 0.0915. The predicted octanol–water partition coefficient (Wildman–Crippen LogP) is 3.35. The van der Waals surface area contributed by atoms with Crippen molar-refractivity contribution in [2.45, 2.75) is 53.0 Å². The lowest BCUT2D eigenvalue weighted by atomic mass is 10.1. The van der Waals surface area contributed by atoms with Gasteiger partial charge in [0.2, 0.25) is 5.91 Å². The van der Waals surface area contributed by atoms with Crippen molar-refractivity contribution in [3.63, 3.8) is 0 Å². The highest BCUT2D eigenvalue weighted by Crippen LogP contribution is 2.22. The third kappa shape index (κ3) is 2.98. The number of aromatic nitrogens is 3. The summed E-state index contributed by atoms with van der Waals surface area (Å²) in [7, 11) is 0. The molecule has 0 unspecified atom stereocenters. The number of nitrogens with one attached hydrogen (secondary N) is 1. The molecule has 3 rings (SSSR count). The first-order valence-electron chi connectivity index (χ1n) is 8.54. The molecule has 126 valence electrons. The summed E-state index contributed by atoms with van der Waals surface area (Å²) < 4.78 is 1.90. The number of hydrogen-bond acceptors (Lipinski definition) is 3. The molecule has 5 nitrogen and oxygen atoms in total. The van der Waals surface area contributed by atoms with Crippen LogP contribution in [0.2, 0.25) is 0 Å². The lowest BCUT2D eigenvalue weighted by Crippen LogP contribution is -2.32. The molecule has 2 heterocycles. The molecule has 5 heteroatoms. The molecule has 3 aromatic rings. The van der Waals surface area contributed by atoms with Crippen LogP contribution in [0.3, 0.4) is 0 Å². The summed E-state index contributed by atoms with van der Waals surface area (Å²) in [5, 5.41) is 8.73. The molecule has 0 aliphatic carbocycles. The van der Waals surface area contributed by atoms with Crippen molar-refractivity contribution in [2.24, 2.45) is 0 Å². The van der Waals surface area contributed by atoms with Gasteiger partial charge in [0.05, 0.1) is 5.52 Å². The molecular formula is C19H24N4O. The van der Waals surface area contributed by atoms with Crippen LogP contribution < -0.4 is 5.32 Å². The second-order valence-electron chi connectivity index (χ2n) is 6.39. The number of benzene rings is 1. The SMILES string of the molecule is CC[C@H](C)NC(=O)CCc1c(C)nc2c3ccccc3nn2c1C. The number of carbonyl (C=O) groups excluding carboxylic acids is 1. The Morgan fingerprint density at radius 1 is 1.29 bits per heavy atom. The highest BCUT2D eigenvalue weighted by Gasteiger charge is 2.15. The molecular weight excluding hydrogens is 300 g/mol. The van der Waals surface area contributed by atoms with Crippen molar-refractivity contribution in [2.75, 3.05) is 0 Å². The number of nitrogens with zero attached hydrogens (tertiary/aromatic N) is 3. The molecule has 0 aliphatic heterocycles. The van der Waals surface area contributed by atoms with Gasteiger partial charge in [0, 0.05) is 29.2 Å². The maximum Gasteiger partial charge on any atom is 0.220 e. The summed E-state index contributed by atoms with van der Waals surface area (Å²) in [4.78, 5) is 16.8. The lowest BCUT2D eigenvalue weighted by Gasteiger charge is -2.13. The zero-order valence-corrected chi connectivity index (χ0v) is 14.8. The van der Waals surface area contributed by atoms with E-state index in [1.165, 1.54) is 0 Å². The molecule has 1 N–H and O–H groups in total. The van der Waals surface area contributed by atoms with Gasteiger partial charge in [0.15, 0.2) is 5.65 Å². The number of rotatable bonds is 5. The fraction of sp³-hybridized carbons (Fsp3) is 0.421. The van der Waals surface area contributed by atoms with Gasteiger partial charge in [-0.3, -0.25) is 4.79 Å². The van der Waals surface area contributed by atoms with Crippen molar-refractivity contribution in [3.8, 4) is 0 Å². The van der Waals surface area contributed by atoms with Gasteiger partial charge >= 0.3 is 0 Å². The quantitative estimate of drug-likeness (QED) is 0.783. The minimum absolute atomic E-state index is 0.0915. The first-order chi connectivity index (χ1) is 11.5. The van der Waals surface area contributed by atoms with E-state index in [1.807, 2.05) is 42.6 Å². The Morgan fingerprint density at radius 3 is 2.79 bits per heavy atom. The van der Waals surface area contributed by atoms with Crippen molar-refractivity contribution >= 4 is 22.5 Å². The second-order valence-corrected chi connectivity index (χ2v) is 6.39. The first-order valence-corrected chi connectivity index (χ1v) is 8.54. The van der Waals surface area contributed by atoms with Crippen LogP contribution in [0.1, 0.15) is 43.6 Å². The Morgan fingerprint density at radius 2 is 2.04 bits per heavy atom. The smallest absolute Gasteiger partial charge is 0.220 e. The summed E-state index contributed by atoms with van der Waals surface area (Å²) in [6.45, 7) is 8.16. The average molecular weight is 324 g/mol. The van der Waals surface area contributed by atoms with Gasteiger partial charge in [-0.1, -0.05) is 19.1 Å². The van der Waals surface area contributed by atoms with Crippen molar-refractivity contribution in [1.29, 1.82) is 0 Å². The fourth-order valence-electron chi connectivity index (χ4n) is 3.03. The molecule has 2 aromatic heterocycles. The van der Waals surface area contributed by atoms with E-state index < -0.39 is 0 Å². The molecule has 0 saturated carbocycles. The van der Waals surface area contributed by atoms with Crippen molar-refractivity contribution < 1.29 is 4.79 Å². The maximum atomic E-state index is 12.1. The van der Waals surface area contributed by atoms with E-state index in [4.69, 9.17) is 4.98 Å². The van der Waals surface area contributed by atoms with E-state index in [0.29, 0.717) is 12.8 Å².